The van der Waals surface area contributed by atoms with Gasteiger partial charge in [0.25, 0.3) is 5.91 Å². The van der Waals surface area contributed by atoms with Gasteiger partial charge in [-0.25, -0.2) is 5.43 Å². The third kappa shape index (κ3) is 5.62. The highest BCUT2D eigenvalue weighted by molar-refractivity contribution is 5.95. The first-order valence-corrected chi connectivity index (χ1v) is 8.91. The Hall–Kier alpha value is -4.75. The van der Waals surface area contributed by atoms with Gasteiger partial charge in [0.1, 0.15) is 0 Å². The summed E-state index contributed by atoms with van der Waals surface area (Å²) in [5.74, 6) is -0.361. The Kier molecular flexibility index (Phi) is 6.65. The lowest BCUT2D eigenvalue weighted by molar-refractivity contribution is 0.0955. The molecule has 0 spiro atoms. The Labute approximate surface area is 173 Å². The van der Waals surface area contributed by atoms with Gasteiger partial charge in [0.15, 0.2) is 0 Å². The van der Waals surface area contributed by atoms with E-state index in [1.807, 2.05) is 6.07 Å². The van der Waals surface area contributed by atoms with Gasteiger partial charge in [0.05, 0.1) is 41.4 Å². The molecular weight excluding hydrogens is 376 g/mol. The van der Waals surface area contributed by atoms with Gasteiger partial charge in [-0.3, -0.25) is 10.2 Å². The molecular formula is C23H16N6O. The second kappa shape index (κ2) is 9.98. The van der Waals surface area contributed by atoms with E-state index < -0.39 is 0 Å². The van der Waals surface area contributed by atoms with Gasteiger partial charge in [-0.1, -0.05) is 30.3 Å². The van der Waals surface area contributed by atoms with E-state index in [0.717, 1.165) is 11.1 Å². The molecule has 7 nitrogen and oxygen atoms in total. The molecule has 0 fully saturated rings. The van der Waals surface area contributed by atoms with Crippen molar-refractivity contribution in [3.63, 3.8) is 0 Å². The zero-order chi connectivity index (χ0) is 21.2. The summed E-state index contributed by atoms with van der Waals surface area (Å²) in [7, 11) is 0. The van der Waals surface area contributed by atoms with Gasteiger partial charge in [0.2, 0.25) is 0 Å². The summed E-state index contributed by atoms with van der Waals surface area (Å²) in [5, 5.41) is 25.7. The molecule has 2 N–H and O–H groups in total. The zero-order valence-corrected chi connectivity index (χ0v) is 15.8. The lowest BCUT2D eigenvalue weighted by Crippen LogP contribution is -2.17. The number of hydrogen-bond acceptors (Lipinski definition) is 6. The molecule has 0 heterocycles. The predicted molar refractivity (Wildman–Crippen MR) is 115 cm³/mol. The van der Waals surface area contributed by atoms with Gasteiger partial charge in [0, 0.05) is 5.56 Å². The van der Waals surface area contributed by atoms with E-state index in [4.69, 9.17) is 10.5 Å². The van der Waals surface area contributed by atoms with Crippen LogP contribution >= 0.6 is 0 Å². The molecule has 0 unspecified atom stereocenters. The molecule has 3 aromatic carbocycles. The monoisotopic (exact) mass is 392 g/mol. The molecule has 3 rings (SSSR count). The average molecular weight is 392 g/mol. The SMILES string of the molecule is N#Cc1ccc(C=NNC(=O)c2cccc(NN=Cc3ccc(C#N)cc3)c2)cc1. The van der Waals surface area contributed by atoms with Crippen molar-refractivity contribution in [1.29, 1.82) is 10.5 Å². The van der Waals surface area contributed by atoms with Crippen LogP contribution in [0.5, 0.6) is 0 Å². The van der Waals surface area contributed by atoms with Crippen LogP contribution in [0.1, 0.15) is 32.6 Å². The first-order valence-electron chi connectivity index (χ1n) is 8.91. The van der Waals surface area contributed by atoms with Crippen LogP contribution in [0.25, 0.3) is 0 Å². The molecule has 1 amide bonds. The van der Waals surface area contributed by atoms with E-state index in [9.17, 15) is 4.79 Å². The van der Waals surface area contributed by atoms with Crippen LogP contribution in [0.2, 0.25) is 0 Å². The summed E-state index contributed by atoms with van der Waals surface area (Å²) < 4.78 is 0. The maximum atomic E-state index is 12.3. The van der Waals surface area contributed by atoms with Crippen molar-refractivity contribution in [2.45, 2.75) is 0 Å². The molecule has 0 radical (unpaired) electrons. The summed E-state index contributed by atoms with van der Waals surface area (Å²) in [6, 6.07) is 24.8. The predicted octanol–water partition coefficient (Wildman–Crippen LogP) is 3.64. The topological polar surface area (TPSA) is 113 Å². The number of benzene rings is 3. The fraction of sp³-hybridized carbons (Fsp3) is 0. The summed E-state index contributed by atoms with van der Waals surface area (Å²) in [5.41, 5.74) is 9.15. The number of anilines is 1. The maximum Gasteiger partial charge on any atom is 0.271 e. The van der Waals surface area contributed by atoms with Crippen molar-refractivity contribution in [2.75, 3.05) is 5.43 Å². The Morgan fingerprint density at radius 3 is 1.93 bits per heavy atom. The number of nitrogens with zero attached hydrogens (tertiary/aromatic N) is 4. The quantitative estimate of drug-likeness (QED) is 0.492. The number of carbonyl (C=O) groups excluding carboxylic acids is 1. The molecule has 0 aromatic heterocycles. The van der Waals surface area contributed by atoms with Gasteiger partial charge in [-0.2, -0.15) is 20.7 Å². The first-order chi connectivity index (χ1) is 14.7. The molecule has 0 aliphatic carbocycles. The highest BCUT2D eigenvalue weighted by Crippen LogP contribution is 2.11. The minimum absolute atomic E-state index is 0.361. The molecule has 0 aliphatic heterocycles. The first kappa shape index (κ1) is 20.0. The fourth-order valence-corrected chi connectivity index (χ4v) is 2.43. The third-order valence-corrected chi connectivity index (χ3v) is 3.99. The Bertz CT molecular complexity index is 1170. The smallest absolute Gasteiger partial charge is 0.271 e. The molecule has 0 saturated heterocycles. The van der Waals surface area contributed by atoms with E-state index in [2.05, 4.69) is 27.1 Å². The molecule has 0 atom stereocenters. The number of nitriles is 2. The van der Waals surface area contributed by atoms with Crippen LogP contribution in [-0.2, 0) is 0 Å². The molecule has 3 aromatic rings. The standard InChI is InChI=1S/C23H16N6O/c24-13-17-4-8-19(9-5-17)15-26-28-22-3-1-2-21(12-22)23(30)29-27-16-20-10-6-18(14-25)7-11-20/h1-12,15-16,28H,(H,29,30). The van der Waals surface area contributed by atoms with Crippen LogP contribution in [0.15, 0.2) is 83.0 Å². The van der Waals surface area contributed by atoms with Gasteiger partial charge < -0.3 is 0 Å². The van der Waals surface area contributed by atoms with Crippen LogP contribution in [0.3, 0.4) is 0 Å². The summed E-state index contributed by atoms with van der Waals surface area (Å²) in [6.45, 7) is 0. The Balaban J connectivity index is 1.57. The molecule has 7 heteroatoms. The Morgan fingerprint density at radius 2 is 1.37 bits per heavy atom. The van der Waals surface area contributed by atoms with E-state index in [1.165, 1.54) is 6.21 Å². The number of hydrazone groups is 2. The normalized spacial score (nSPS) is 10.5. The largest absolute Gasteiger partial charge is 0.278 e. The number of hydrogen-bond donors (Lipinski definition) is 2. The molecule has 30 heavy (non-hydrogen) atoms. The van der Waals surface area contributed by atoms with E-state index in [1.54, 1.807) is 79.0 Å². The fourth-order valence-electron chi connectivity index (χ4n) is 2.43. The van der Waals surface area contributed by atoms with Crippen molar-refractivity contribution in [1.82, 2.24) is 5.43 Å². The van der Waals surface area contributed by atoms with E-state index >= 15 is 0 Å². The van der Waals surface area contributed by atoms with Crippen LogP contribution < -0.4 is 10.9 Å². The van der Waals surface area contributed by atoms with Gasteiger partial charge in [-0.05, 0) is 53.6 Å². The second-order valence-corrected chi connectivity index (χ2v) is 6.12. The second-order valence-electron chi connectivity index (χ2n) is 6.12. The highest BCUT2D eigenvalue weighted by Gasteiger charge is 2.04. The van der Waals surface area contributed by atoms with Crippen LogP contribution in [0, 0.1) is 22.7 Å². The van der Waals surface area contributed by atoms with Crippen molar-refractivity contribution in [3.8, 4) is 12.1 Å². The average Bonchev–Trinajstić information content (AvgIpc) is 2.80. The lowest BCUT2D eigenvalue weighted by Gasteiger charge is -2.04. The lowest BCUT2D eigenvalue weighted by atomic mass is 10.2. The summed E-state index contributed by atoms with van der Waals surface area (Å²) in [6.07, 6.45) is 3.12. The van der Waals surface area contributed by atoms with Crippen molar-refractivity contribution >= 4 is 24.0 Å². The molecule has 144 valence electrons. The van der Waals surface area contributed by atoms with E-state index in [0.29, 0.717) is 22.4 Å². The summed E-state index contributed by atoms with van der Waals surface area (Å²) in [4.78, 5) is 12.3. The number of carbonyl (C=O) groups is 1. The highest BCUT2D eigenvalue weighted by atomic mass is 16.2. The molecule has 0 aliphatic rings. The molecule has 0 bridgehead atoms. The van der Waals surface area contributed by atoms with E-state index in [-0.39, 0.29) is 5.91 Å². The zero-order valence-electron chi connectivity index (χ0n) is 15.8. The van der Waals surface area contributed by atoms with Gasteiger partial charge >= 0.3 is 0 Å². The third-order valence-electron chi connectivity index (χ3n) is 3.99. The minimum atomic E-state index is -0.361. The van der Waals surface area contributed by atoms with Crippen LogP contribution in [0.4, 0.5) is 5.69 Å². The number of amides is 1. The molecule has 0 saturated carbocycles. The van der Waals surface area contributed by atoms with Crippen molar-refractivity contribution in [2.24, 2.45) is 10.2 Å². The number of nitrogens with one attached hydrogen (secondary N) is 2. The van der Waals surface area contributed by atoms with Crippen molar-refractivity contribution in [3.05, 3.63) is 101 Å². The van der Waals surface area contributed by atoms with Gasteiger partial charge in [-0.15, -0.1) is 0 Å². The van der Waals surface area contributed by atoms with Crippen LogP contribution in [-0.4, -0.2) is 18.3 Å². The maximum absolute atomic E-state index is 12.3. The van der Waals surface area contributed by atoms with Crippen molar-refractivity contribution < 1.29 is 4.79 Å². The Morgan fingerprint density at radius 1 is 0.800 bits per heavy atom. The number of rotatable bonds is 6. The minimum Gasteiger partial charge on any atom is -0.278 e. The summed E-state index contributed by atoms with van der Waals surface area (Å²) >= 11 is 0.